The van der Waals surface area contributed by atoms with E-state index in [0.29, 0.717) is 27.9 Å². The molecule has 0 amide bonds. The van der Waals surface area contributed by atoms with E-state index in [2.05, 4.69) is 66.7 Å². The minimum absolute atomic E-state index is 0.115. The van der Waals surface area contributed by atoms with Crippen LogP contribution < -0.4 is 0 Å². The summed E-state index contributed by atoms with van der Waals surface area (Å²) in [7, 11) is 0. The minimum Gasteiger partial charge on any atom is -0.456 e. The van der Waals surface area contributed by atoms with Gasteiger partial charge in [-0.3, -0.25) is 0 Å². The third-order valence-electron chi connectivity index (χ3n) is 10.6. The Kier molecular flexibility index (Phi) is 5.40. The van der Waals surface area contributed by atoms with E-state index in [4.69, 9.17) is 7.16 Å². The molecule has 0 aliphatic carbocycles. The average molecular weight is 679 g/mol. The molecule has 1 heteroatoms. The van der Waals surface area contributed by atoms with Gasteiger partial charge in [0.15, 0.2) is 0 Å². The lowest BCUT2D eigenvalue weighted by Gasteiger charge is -2.19. The fourth-order valence-corrected chi connectivity index (χ4v) is 8.23. The molecule has 0 atom stereocenters. The molecule has 0 aliphatic rings. The highest BCUT2D eigenvalue weighted by molar-refractivity contribution is 6.24. The van der Waals surface area contributed by atoms with Gasteiger partial charge in [0.25, 0.3) is 0 Å². The van der Waals surface area contributed by atoms with Crippen LogP contribution in [0.4, 0.5) is 0 Å². The Morgan fingerprint density at radius 1 is 0.321 bits per heavy atom. The molecule has 0 unspecified atom stereocenters. The van der Waals surface area contributed by atoms with Gasteiger partial charge >= 0.3 is 0 Å². The van der Waals surface area contributed by atoms with Crippen LogP contribution in [0.15, 0.2) is 198 Å². The highest BCUT2D eigenvalue weighted by Crippen LogP contribution is 2.47. The van der Waals surface area contributed by atoms with Gasteiger partial charge in [0.2, 0.25) is 0 Å². The summed E-state index contributed by atoms with van der Waals surface area (Å²) in [6.45, 7) is 0. The van der Waals surface area contributed by atoms with Crippen molar-refractivity contribution < 1.29 is 12.6 Å². The molecule has 11 rings (SSSR count). The van der Waals surface area contributed by atoms with Crippen molar-refractivity contribution in [3.8, 4) is 44.5 Å². The maximum absolute atomic E-state index is 9.86. The first-order chi connectivity index (χ1) is 28.8. The van der Waals surface area contributed by atoms with Gasteiger partial charge in [-0.15, -0.1) is 0 Å². The van der Waals surface area contributed by atoms with Crippen LogP contribution in [0.2, 0.25) is 0 Å². The number of benzene rings is 10. The molecule has 10 aromatic carbocycles. The number of rotatable bonds is 4. The predicted molar refractivity (Wildman–Crippen MR) is 225 cm³/mol. The molecule has 0 fully saturated rings. The molecule has 1 nitrogen and oxygen atoms in total. The summed E-state index contributed by atoms with van der Waals surface area (Å²) in [5, 5.41) is 7.92. The van der Waals surface area contributed by atoms with Crippen LogP contribution in [0, 0.1) is 0 Å². The maximum Gasteiger partial charge on any atom is 0.135 e. The minimum atomic E-state index is -0.393. The molecule has 0 saturated carbocycles. The Hall–Kier alpha value is -6.96. The fourth-order valence-electron chi connectivity index (χ4n) is 8.23. The molecule has 0 spiro atoms. The van der Waals surface area contributed by atoms with Crippen molar-refractivity contribution in [1.82, 2.24) is 0 Å². The smallest absolute Gasteiger partial charge is 0.135 e. The Morgan fingerprint density at radius 3 is 1.49 bits per heavy atom. The van der Waals surface area contributed by atoms with Crippen molar-refractivity contribution in [2.75, 3.05) is 0 Å². The third kappa shape index (κ3) is 4.64. The summed E-state index contributed by atoms with van der Waals surface area (Å²) in [5.74, 6) is 0. The third-order valence-corrected chi connectivity index (χ3v) is 10.6. The van der Waals surface area contributed by atoms with Gasteiger partial charge in [-0.05, 0) is 112 Å². The van der Waals surface area contributed by atoms with Crippen LogP contribution in [0.3, 0.4) is 0 Å². The summed E-state index contributed by atoms with van der Waals surface area (Å²) < 4.78 is 62.6. The molecule has 11 aromatic rings. The molecule has 0 bridgehead atoms. The largest absolute Gasteiger partial charge is 0.456 e. The summed E-state index contributed by atoms with van der Waals surface area (Å²) in [6.07, 6.45) is 0. The van der Waals surface area contributed by atoms with Crippen molar-refractivity contribution >= 4 is 65.0 Å². The monoisotopic (exact) mass is 678 g/mol. The van der Waals surface area contributed by atoms with Crippen molar-refractivity contribution in [2.24, 2.45) is 0 Å². The quantitative estimate of drug-likeness (QED) is 0.169. The average Bonchev–Trinajstić information content (AvgIpc) is 3.65. The van der Waals surface area contributed by atoms with Gasteiger partial charge in [0.1, 0.15) is 11.2 Å². The molecule has 1 aromatic heterocycles. The Labute approximate surface area is 315 Å². The van der Waals surface area contributed by atoms with E-state index in [-0.39, 0.29) is 40.5 Å². The van der Waals surface area contributed by atoms with Crippen LogP contribution in [0.5, 0.6) is 0 Å². The molecule has 246 valence electrons. The highest BCUT2D eigenvalue weighted by Gasteiger charge is 2.19. The van der Waals surface area contributed by atoms with Crippen molar-refractivity contribution in [3.05, 3.63) is 194 Å². The lowest BCUT2D eigenvalue weighted by Crippen LogP contribution is -1.92. The van der Waals surface area contributed by atoms with Gasteiger partial charge in [-0.2, -0.15) is 0 Å². The zero-order chi connectivity index (χ0) is 40.1. The standard InChI is InChI=1S/C52H32O/c1-2-14-34(15-3-1)51-42-20-8-10-22-44(42)52(45-23-11-9-21-43(45)51)46-28-27-39(40-18-6-7-19-41(40)46)36-26-30-50-48(32-36)47-31-35(25-29-49(47)53-50)38-24-12-16-33-13-4-5-17-37(33)38/h1-32H/i6D,7D,18D,19D,27D,28D. The van der Waals surface area contributed by atoms with Crippen LogP contribution in [-0.4, -0.2) is 0 Å². The Morgan fingerprint density at radius 2 is 0.830 bits per heavy atom. The van der Waals surface area contributed by atoms with Gasteiger partial charge in [0.05, 0.1) is 8.22 Å². The summed E-state index contributed by atoms with van der Waals surface area (Å²) in [4.78, 5) is 0. The summed E-state index contributed by atoms with van der Waals surface area (Å²) >= 11 is 0. The van der Waals surface area contributed by atoms with Gasteiger partial charge < -0.3 is 4.42 Å². The number of fused-ring (bicyclic) bond motifs is 7. The molecule has 0 aliphatic heterocycles. The first-order valence-corrected chi connectivity index (χ1v) is 17.8. The lowest BCUT2D eigenvalue weighted by molar-refractivity contribution is 0.669. The van der Waals surface area contributed by atoms with Crippen LogP contribution in [0.25, 0.3) is 110 Å². The zero-order valence-corrected chi connectivity index (χ0v) is 28.4. The second-order valence-electron chi connectivity index (χ2n) is 13.5. The fraction of sp³-hybridized carbons (Fsp3) is 0. The zero-order valence-electron chi connectivity index (χ0n) is 34.4. The molecule has 0 radical (unpaired) electrons. The molecular weight excluding hydrogens is 641 g/mol. The summed E-state index contributed by atoms with van der Waals surface area (Å²) in [6, 6.07) is 50.9. The molecule has 53 heavy (non-hydrogen) atoms. The van der Waals surface area contributed by atoms with Crippen molar-refractivity contribution in [1.29, 1.82) is 0 Å². The maximum atomic E-state index is 9.86. The van der Waals surface area contributed by atoms with Crippen LogP contribution in [-0.2, 0) is 0 Å². The first-order valence-electron chi connectivity index (χ1n) is 20.8. The normalized spacial score (nSPS) is 13.4. The second kappa shape index (κ2) is 11.8. The van der Waals surface area contributed by atoms with Gasteiger partial charge in [-0.1, -0.05) is 170 Å². The SMILES string of the molecule is [2H]c1c([2H])c([2H])c2c(-c3c4ccccc4c(-c4ccccc4)c4ccccc34)c([2H])c([2H])c(-c3ccc4oc5ccc(-c6cccc7ccccc67)cc5c4c3)c2c1[2H]. The van der Waals surface area contributed by atoms with Gasteiger partial charge in [-0.25, -0.2) is 0 Å². The van der Waals surface area contributed by atoms with E-state index in [1.807, 2.05) is 91.0 Å². The topological polar surface area (TPSA) is 13.1 Å². The second-order valence-corrected chi connectivity index (χ2v) is 13.5. The van der Waals surface area contributed by atoms with Crippen LogP contribution >= 0.6 is 0 Å². The van der Waals surface area contributed by atoms with Crippen molar-refractivity contribution in [2.45, 2.75) is 0 Å². The number of hydrogen-bond acceptors (Lipinski definition) is 1. The molecular formula is C52H32O. The Bertz CT molecular complexity index is 3510. The molecule has 0 N–H and O–H groups in total. The lowest BCUT2D eigenvalue weighted by atomic mass is 9.84. The number of furan rings is 1. The van der Waals surface area contributed by atoms with E-state index in [0.717, 1.165) is 65.3 Å². The molecule has 0 saturated heterocycles. The Balaban J connectivity index is 1.22. The highest BCUT2D eigenvalue weighted by atomic mass is 16.3. The van der Waals surface area contributed by atoms with E-state index in [9.17, 15) is 5.48 Å². The van der Waals surface area contributed by atoms with E-state index < -0.39 is 12.1 Å². The van der Waals surface area contributed by atoms with Crippen LogP contribution in [0.1, 0.15) is 8.22 Å². The first kappa shape index (κ1) is 24.3. The van der Waals surface area contributed by atoms with Gasteiger partial charge in [0, 0.05) is 10.8 Å². The van der Waals surface area contributed by atoms with E-state index in [1.54, 1.807) is 0 Å². The predicted octanol–water partition coefficient (Wildman–Crippen LogP) is 14.9. The van der Waals surface area contributed by atoms with E-state index in [1.165, 1.54) is 0 Å². The summed E-state index contributed by atoms with van der Waals surface area (Å²) in [5.41, 5.74) is 7.34. The molecule has 1 heterocycles. The van der Waals surface area contributed by atoms with Crippen molar-refractivity contribution in [3.63, 3.8) is 0 Å². The number of hydrogen-bond donors (Lipinski definition) is 0. The van der Waals surface area contributed by atoms with E-state index >= 15 is 0 Å².